The molecule has 16 rings (SSSR count). The number of hydrogen-bond donors (Lipinski definition) is 7. The highest BCUT2D eigenvalue weighted by Gasteiger charge is 2.27. The smallest absolute Gasteiger partial charge is 0.231 e. The van der Waals surface area contributed by atoms with Crippen molar-refractivity contribution < 1.29 is 22.6 Å². The standard InChI is InChI=1S/C27H32N8O.C22H29N7O.C21H20N6O3S/c1-2-4-20(5-3-1)18-34-12-10-22(11-13-34)30-26-24-25(29-19-28-24)32-27(33-26)31-21-6-8-23(9-7-21)35-14-16-36-17-15-35;1-28(17-5-3-2-4-6-17)21-19-20(24-15-23-19)26-22(27-21)25-16-7-9-18(10-8-16)29-11-13-30-14-12-29;28-31(29,17-4-2-1-3-5-17)20-18-19(23-14-22-18)25-21(26-20)24-15-6-8-16(9-7-15)27-10-12-30-13-11-27/h1-9,19,22H,10-18H2,(H3,28,29,30,31,32,33);7-10,15,17H,2-6,11-14H2,1H3,(H2,23,24,25,26,27);1-9,14H,10-13H2,(H2,22,23,24,25,26). The number of sulfone groups is 1. The maximum absolute atomic E-state index is 13.2. The van der Waals surface area contributed by atoms with Crippen LogP contribution in [-0.2, 0) is 30.6 Å². The predicted octanol–water partition coefficient (Wildman–Crippen LogP) is 10.5. The summed E-state index contributed by atoms with van der Waals surface area (Å²) in [5, 5.41) is 13.4. The van der Waals surface area contributed by atoms with Gasteiger partial charge in [-0.2, -0.15) is 29.9 Å². The Balaban J connectivity index is 0.000000125. The summed E-state index contributed by atoms with van der Waals surface area (Å²) in [5.74, 6) is 2.99. The van der Waals surface area contributed by atoms with Gasteiger partial charge in [-0.1, -0.05) is 67.8 Å². The van der Waals surface area contributed by atoms with Crippen LogP contribution in [0.4, 0.5) is 63.6 Å². The molecule has 0 bridgehead atoms. The maximum atomic E-state index is 13.2. The number of hydrogen-bond acceptors (Lipinski definition) is 23. The van der Waals surface area contributed by atoms with Crippen molar-refractivity contribution >= 4 is 107 Å². The fourth-order valence-corrected chi connectivity index (χ4v) is 14.3. The Morgan fingerprint density at radius 1 is 0.474 bits per heavy atom. The Kier molecular flexibility index (Phi) is 20.1. The van der Waals surface area contributed by atoms with E-state index < -0.39 is 9.84 Å². The lowest BCUT2D eigenvalue weighted by Crippen LogP contribution is -2.38. The summed E-state index contributed by atoms with van der Waals surface area (Å²) in [4.78, 5) is 61.7. The minimum absolute atomic E-state index is 0.117. The molecule has 4 saturated heterocycles. The number of benzene rings is 5. The normalized spacial score (nSPS) is 16.7. The van der Waals surface area contributed by atoms with Crippen LogP contribution in [0.15, 0.2) is 162 Å². The second kappa shape index (κ2) is 30.3. The number of ether oxygens (including phenoxy) is 3. The molecule has 1 aliphatic carbocycles. The van der Waals surface area contributed by atoms with E-state index in [1.165, 1.54) is 67.5 Å². The van der Waals surface area contributed by atoms with E-state index in [0.717, 1.165) is 157 Å². The second-order valence-corrected chi connectivity index (χ2v) is 26.5. The van der Waals surface area contributed by atoms with Gasteiger partial charge in [0, 0.05) is 112 Å². The zero-order valence-corrected chi connectivity index (χ0v) is 55.2. The van der Waals surface area contributed by atoms with E-state index in [2.05, 4.69) is 182 Å². The van der Waals surface area contributed by atoms with Crippen LogP contribution in [0.1, 0.15) is 50.5 Å². The molecule has 0 radical (unpaired) electrons. The first-order chi connectivity index (χ1) is 47.7. The van der Waals surface area contributed by atoms with Crippen molar-refractivity contribution in [3.8, 4) is 0 Å². The van der Waals surface area contributed by atoms with E-state index >= 15 is 0 Å². The van der Waals surface area contributed by atoms with Crippen molar-refractivity contribution in [2.45, 2.75) is 73.5 Å². The molecule has 0 amide bonds. The van der Waals surface area contributed by atoms with E-state index in [9.17, 15) is 8.42 Å². The Hall–Kier alpha value is -10.1. The second-order valence-electron chi connectivity index (χ2n) is 24.6. The SMILES string of the molecule is CN(c1nc(Nc2ccc(N3CCOCC3)cc2)nc2nc[nH]c12)C1CCCCC1.O=S(=O)(c1ccccc1)c1nc(Nc2ccc(N3CCOCC3)cc2)nc2nc[nH]c12.c1ccc(CN2CCC(Nc3nc(Nc4ccc(N5CCOCC5)cc4)nc4nc[nH]c34)CC2)cc1. The Labute approximate surface area is 563 Å². The number of anilines is 11. The summed E-state index contributed by atoms with van der Waals surface area (Å²) in [6, 6.07) is 44.4. The van der Waals surface area contributed by atoms with Crippen LogP contribution in [0, 0.1) is 0 Å². The molecule has 1 saturated carbocycles. The number of aromatic nitrogens is 12. The maximum Gasteiger partial charge on any atom is 0.231 e. The van der Waals surface area contributed by atoms with Gasteiger partial charge in [0.15, 0.2) is 33.6 Å². The third-order valence-corrected chi connectivity index (χ3v) is 19.9. The van der Waals surface area contributed by atoms with Crippen LogP contribution in [0.2, 0.25) is 0 Å². The molecule has 4 aliphatic heterocycles. The summed E-state index contributed by atoms with van der Waals surface area (Å²) in [6.45, 7) is 13.1. The van der Waals surface area contributed by atoms with Gasteiger partial charge in [0.05, 0.1) is 63.5 Å². The fraction of sp³-hybridized carbons (Fsp3) is 0.357. The largest absolute Gasteiger partial charge is 0.378 e. The summed E-state index contributed by atoms with van der Waals surface area (Å²) >= 11 is 0. The predicted molar refractivity (Wildman–Crippen MR) is 379 cm³/mol. The number of imidazole rings is 3. The number of fused-ring (bicyclic) bond motifs is 3. The highest BCUT2D eigenvalue weighted by molar-refractivity contribution is 7.91. The molecule has 5 aromatic carbocycles. The molecule has 0 spiro atoms. The van der Waals surface area contributed by atoms with Crippen LogP contribution >= 0.6 is 0 Å². The molecule has 5 aliphatic rings. The molecular weight excluding hydrogens is 1250 g/mol. The van der Waals surface area contributed by atoms with Gasteiger partial charge in [0.1, 0.15) is 16.6 Å². The number of aromatic amines is 3. The van der Waals surface area contributed by atoms with Gasteiger partial charge >= 0.3 is 0 Å². The van der Waals surface area contributed by atoms with Crippen molar-refractivity contribution in [2.75, 3.05) is 140 Å². The monoisotopic (exact) mass is 1330 g/mol. The van der Waals surface area contributed by atoms with Gasteiger partial charge in [0.2, 0.25) is 27.7 Å². The molecule has 26 nitrogen and oxygen atoms in total. The molecule has 27 heteroatoms. The lowest BCUT2D eigenvalue weighted by atomic mass is 9.94. The topological polar surface area (TPSA) is 290 Å². The lowest BCUT2D eigenvalue weighted by molar-refractivity contribution is 0.122. The summed E-state index contributed by atoms with van der Waals surface area (Å²) < 4.78 is 42.7. The van der Waals surface area contributed by atoms with Gasteiger partial charge < -0.3 is 70.0 Å². The molecule has 10 heterocycles. The van der Waals surface area contributed by atoms with Gasteiger partial charge in [-0.05, 0) is 116 Å². The quantitative estimate of drug-likeness (QED) is 0.0417. The van der Waals surface area contributed by atoms with Crippen molar-refractivity contribution in [3.63, 3.8) is 0 Å². The summed E-state index contributed by atoms with van der Waals surface area (Å²) in [6.07, 6.45) is 13.2. The molecular formula is C70H81N21O5S. The molecule has 0 unspecified atom stereocenters. The summed E-state index contributed by atoms with van der Waals surface area (Å²) in [5.41, 5.74) is 11.2. The number of H-pyrrole nitrogens is 3. The molecule has 11 aromatic rings. The number of likely N-dealkylation sites (tertiary alicyclic amines) is 1. The third kappa shape index (κ3) is 15.8. The first-order valence-corrected chi connectivity index (χ1v) is 35.0. The van der Waals surface area contributed by atoms with E-state index in [-0.39, 0.29) is 27.0 Å². The van der Waals surface area contributed by atoms with E-state index in [0.29, 0.717) is 35.3 Å². The van der Waals surface area contributed by atoms with Gasteiger partial charge in [-0.15, -0.1) is 0 Å². The number of piperidine rings is 1. The van der Waals surface area contributed by atoms with Crippen LogP contribution in [0.5, 0.6) is 0 Å². The highest BCUT2D eigenvalue weighted by Crippen LogP contribution is 2.33. The van der Waals surface area contributed by atoms with Crippen molar-refractivity contribution in [3.05, 3.63) is 158 Å². The van der Waals surface area contributed by atoms with E-state index in [1.54, 1.807) is 30.9 Å². The van der Waals surface area contributed by atoms with Gasteiger partial charge in [0.25, 0.3) is 0 Å². The van der Waals surface area contributed by atoms with Crippen molar-refractivity contribution in [1.82, 2.24) is 64.7 Å². The molecule has 7 N–H and O–H groups in total. The first kappa shape index (κ1) is 64.3. The van der Waals surface area contributed by atoms with Crippen LogP contribution < -0.4 is 40.9 Å². The molecule has 502 valence electrons. The number of rotatable bonds is 17. The average Bonchev–Trinajstić information content (AvgIpc) is 1.78. The third-order valence-electron chi connectivity index (χ3n) is 18.2. The van der Waals surface area contributed by atoms with Gasteiger partial charge in [-0.3, -0.25) is 4.90 Å². The average molecular weight is 1330 g/mol. The number of nitrogens with one attached hydrogen (secondary N) is 7. The Morgan fingerprint density at radius 2 is 0.907 bits per heavy atom. The Morgan fingerprint density at radius 3 is 1.41 bits per heavy atom. The first-order valence-electron chi connectivity index (χ1n) is 33.5. The van der Waals surface area contributed by atoms with Gasteiger partial charge in [-0.25, -0.2) is 23.4 Å². The molecule has 97 heavy (non-hydrogen) atoms. The van der Waals surface area contributed by atoms with E-state index in [1.807, 2.05) is 24.3 Å². The number of nitrogens with zero attached hydrogens (tertiary/aromatic N) is 14. The highest BCUT2D eigenvalue weighted by atomic mass is 32.2. The molecule has 0 atom stereocenters. The summed E-state index contributed by atoms with van der Waals surface area (Å²) in [7, 11) is -1.71. The lowest BCUT2D eigenvalue weighted by Gasteiger charge is -2.32. The fourth-order valence-electron chi connectivity index (χ4n) is 12.9. The van der Waals surface area contributed by atoms with Crippen LogP contribution in [0.3, 0.4) is 0 Å². The van der Waals surface area contributed by atoms with Crippen LogP contribution in [-0.4, -0.2) is 184 Å². The van der Waals surface area contributed by atoms with Crippen molar-refractivity contribution in [1.29, 1.82) is 0 Å². The zero-order chi connectivity index (χ0) is 65.8. The van der Waals surface area contributed by atoms with Crippen LogP contribution in [0.25, 0.3) is 33.5 Å². The Bertz CT molecular complexity index is 4440. The zero-order valence-electron chi connectivity index (χ0n) is 54.4. The van der Waals surface area contributed by atoms with E-state index in [4.69, 9.17) is 24.2 Å². The molecule has 6 aromatic heterocycles. The van der Waals surface area contributed by atoms with Crippen molar-refractivity contribution in [2.24, 2.45) is 0 Å². The number of morpholine rings is 3. The minimum Gasteiger partial charge on any atom is -0.378 e. The molecule has 5 fully saturated rings. The minimum atomic E-state index is -3.85.